The molecule has 0 fully saturated rings. The van der Waals surface area contributed by atoms with Crippen LogP contribution in [0.1, 0.15) is 31.4 Å². The van der Waals surface area contributed by atoms with Crippen LogP contribution in [0.25, 0.3) is 0 Å². The molecule has 3 nitrogen and oxygen atoms in total. The van der Waals surface area contributed by atoms with Gasteiger partial charge in [-0.25, -0.2) is 0 Å². The second-order valence-electron chi connectivity index (χ2n) is 3.76. The van der Waals surface area contributed by atoms with Gasteiger partial charge in [-0.1, -0.05) is 6.08 Å². The summed E-state index contributed by atoms with van der Waals surface area (Å²) in [5, 5.41) is 9.78. The van der Waals surface area contributed by atoms with E-state index in [0.717, 1.165) is 18.4 Å². The fourth-order valence-electron chi connectivity index (χ4n) is 1.54. The highest BCUT2D eigenvalue weighted by molar-refractivity contribution is 9.10. The van der Waals surface area contributed by atoms with Crippen molar-refractivity contribution in [2.24, 2.45) is 5.73 Å². The number of phenolic OH excluding ortho intramolecular Hbond substituents is 1. The van der Waals surface area contributed by atoms with Crippen LogP contribution in [0.5, 0.6) is 11.5 Å². The molecule has 0 amide bonds. The van der Waals surface area contributed by atoms with Gasteiger partial charge in [-0.05, 0) is 53.4 Å². The Labute approximate surface area is 123 Å². The minimum absolute atomic E-state index is 0. The van der Waals surface area contributed by atoms with Gasteiger partial charge in [0.2, 0.25) is 0 Å². The Morgan fingerprint density at radius 1 is 1.56 bits per heavy atom. The number of hydrogen-bond acceptors (Lipinski definition) is 3. The van der Waals surface area contributed by atoms with Gasteiger partial charge >= 0.3 is 0 Å². The zero-order chi connectivity index (χ0) is 12.8. The molecule has 1 aromatic rings. The third-order valence-corrected chi connectivity index (χ3v) is 3.07. The summed E-state index contributed by atoms with van der Waals surface area (Å²) >= 11 is 3.30. The number of ether oxygens (including phenoxy) is 1. The maximum atomic E-state index is 9.78. The Balaban J connectivity index is 0.00000289. The van der Waals surface area contributed by atoms with Gasteiger partial charge in [-0.3, -0.25) is 0 Å². The van der Waals surface area contributed by atoms with Crippen LogP contribution in [0, 0.1) is 0 Å². The molecule has 0 aliphatic rings. The SMILES string of the molecule is C=CCC[C@@H](N)c1cc(Br)c(O)c(OCC)c1.Cl. The molecule has 1 aromatic carbocycles. The highest BCUT2D eigenvalue weighted by Crippen LogP contribution is 2.37. The zero-order valence-corrected chi connectivity index (χ0v) is 12.8. The standard InChI is InChI=1S/C13H18BrNO2.ClH/c1-3-5-6-11(15)9-7-10(14)13(16)12(8-9)17-4-2;/h3,7-8,11,16H,1,4-6,15H2,2H3;1H/t11-;/m1./s1. The Kier molecular flexibility index (Phi) is 8.07. The highest BCUT2D eigenvalue weighted by atomic mass is 79.9. The number of phenols is 1. The first-order valence-corrected chi connectivity index (χ1v) is 6.41. The van der Waals surface area contributed by atoms with Crippen LogP contribution in [0.3, 0.4) is 0 Å². The number of hydrogen-bond donors (Lipinski definition) is 2. The molecule has 1 atom stereocenters. The normalized spacial score (nSPS) is 11.5. The number of benzene rings is 1. The molecule has 0 heterocycles. The maximum Gasteiger partial charge on any atom is 0.172 e. The van der Waals surface area contributed by atoms with Crippen molar-refractivity contribution in [2.75, 3.05) is 6.61 Å². The molecule has 0 aliphatic carbocycles. The number of halogens is 2. The fraction of sp³-hybridized carbons (Fsp3) is 0.385. The van der Waals surface area contributed by atoms with Crippen molar-refractivity contribution >= 4 is 28.3 Å². The van der Waals surface area contributed by atoms with E-state index in [1.807, 2.05) is 19.1 Å². The lowest BCUT2D eigenvalue weighted by Gasteiger charge is -2.15. The Morgan fingerprint density at radius 2 is 2.22 bits per heavy atom. The summed E-state index contributed by atoms with van der Waals surface area (Å²) in [6.07, 6.45) is 3.54. The number of allylic oxidation sites excluding steroid dienone is 1. The Hall–Kier alpha value is -0.710. The van der Waals surface area contributed by atoms with Crippen molar-refractivity contribution in [1.29, 1.82) is 0 Å². The van der Waals surface area contributed by atoms with Gasteiger partial charge in [0.15, 0.2) is 11.5 Å². The van der Waals surface area contributed by atoms with Crippen molar-refractivity contribution in [3.8, 4) is 11.5 Å². The average molecular weight is 337 g/mol. The summed E-state index contributed by atoms with van der Waals surface area (Å²) in [5.74, 6) is 0.581. The quantitative estimate of drug-likeness (QED) is 0.774. The van der Waals surface area contributed by atoms with E-state index in [1.165, 1.54) is 0 Å². The molecule has 5 heteroatoms. The molecule has 0 radical (unpaired) electrons. The van der Waals surface area contributed by atoms with Crippen LogP contribution in [0.2, 0.25) is 0 Å². The van der Waals surface area contributed by atoms with E-state index < -0.39 is 0 Å². The van der Waals surface area contributed by atoms with Crippen molar-refractivity contribution in [3.63, 3.8) is 0 Å². The van der Waals surface area contributed by atoms with Crippen LogP contribution in [0.4, 0.5) is 0 Å². The Morgan fingerprint density at radius 3 is 2.78 bits per heavy atom. The van der Waals surface area contributed by atoms with Gasteiger partial charge in [0.05, 0.1) is 11.1 Å². The summed E-state index contributed by atoms with van der Waals surface area (Å²) in [6, 6.07) is 3.53. The van der Waals surface area contributed by atoms with Crippen LogP contribution >= 0.6 is 28.3 Å². The summed E-state index contributed by atoms with van der Waals surface area (Å²) in [4.78, 5) is 0. The minimum atomic E-state index is -0.0795. The first-order valence-electron chi connectivity index (χ1n) is 5.61. The molecular formula is C13H19BrClNO2. The molecule has 1 rings (SSSR count). The van der Waals surface area contributed by atoms with E-state index in [9.17, 15) is 5.11 Å². The number of aromatic hydroxyl groups is 1. The van der Waals surface area contributed by atoms with E-state index in [2.05, 4.69) is 22.5 Å². The second kappa shape index (κ2) is 8.40. The molecular weight excluding hydrogens is 318 g/mol. The molecule has 0 saturated heterocycles. The average Bonchev–Trinajstić information content (AvgIpc) is 2.31. The first-order chi connectivity index (χ1) is 8.10. The van der Waals surface area contributed by atoms with E-state index in [-0.39, 0.29) is 24.2 Å². The van der Waals surface area contributed by atoms with Gasteiger partial charge in [0.1, 0.15) is 0 Å². The molecule has 0 aliphatic heterocycles. The second-order valence-corrected chi connectivity index (χ2v) is 4.61. The van der Waals surface area contributed by atoms with Crippen LogP contribution < -0.4 is 10.5 Å². The van der Waals surface area contributed by atoms with Gasteiger partial charge < -0.3 is 15.6 Å². The summed E-state index contributed by atoms with van der Waals surface area (Å²) in [7, 11) is 0. The number of rotatable bonds is 6. The van der Waals surface area contributed by atoms with Gasteiger partial charge in [0.25, 0.3) is 0 Å². The lowest BCUT2D eigenvalue weighted by molar-refractivity contribution is 0.316. The first kappa shape index (κ1) is 17.3. The lowest BCUT2D eigenvalue weighted by atomic mass is 10.0. The fourth-order valence-corrected chi connectivity index (χ4v) is 2.00. The van der Waals surface area contributed by atoms with Crippen LogP contribution in [-0.4, -0.2) is 11.7 Å². The summed E-state index contributed by atoms with van der Waals surface area (Å²) in [6.45, 7) is 6.05. The summed E-state index contributed by atoms with van der Waals surface area (Å²) < 4.78 is 5.96. The third kappa shape index (κ3) is 4.52. The third-order valence-electron chi connectivity index (χ3n) is 2.46. The van der Waals surface area contributed by atoms with Crippen molar-refractivity contribution in [1.82, 2.24) is 0 Å². The lowest BCUT2D eigenvalue weighted by Crippen LogP contribution is -2.10. The topological polar surface area (TPSA) is 55.5 Å². The van der Waals surface area contributed by atoms with Gasteiger partial charge in [0, 0.05) is 6.04 Å². The van der Waals surface area contributed by atoms with Gasteiger partial charge in [-0.2, -0.15) is 0 Å². The predicted octanol–water partition coefficient (Wildman–Crippen LogP) is 3.94. The van der Waals surface area contributed by atoms with E-state index >= 15 is 0 Å². The summed E-state index contributed by atoms with van der Waals surface area (Å²) in [5.41, 5.74) is 7.00. The van der Waals surface area contributed by atoms with E-state index in [0.29, 0.717) is 16.8 Å². The molecule has 0 bridgehead atoms. The monoisotopic (exact) mass is 335 g/mol. The molecule has 0 spiro atoms. The smallest absolute Gasteiger partial charge is 0.172 e. The largest absolute Gasteiger partial charge is 0.503 e. The highest BCUT2D eigenvalue weighted by Gasteiger charge is 2.13. The molecule has 0 aromatic heterocycles. The van der Waals surface area contributed by atoms with Gasteiger partial charge in [-0.15, -0.1) is 19.0 Å². The molecule has 3 N–H and O–H groups in total. The maximum absolute atomic E-state index is 9.78. The van der Waals surface area contributed by atoms with Crippen LogP contribution in [0.15, 0.2) is 29.3 Å². The Bertz CT molecular complexity index is 399. The number of nitrogens with two attached hydrogens (primary N) is 1. The minimum Gasteiger partial charge on any atom is -0.503 e. The predicted molar refractivity (Wildman–Crippen MR) is 80.6 cm³/mol. The zero-order valence-electron chi connectivity index (χ0n) is 10.4. The molecule has 0 saturated carbocycles. The van der Waals surface area contributed by atoms with Crippen molar-refractivity contribution < 1.29 is 9.84 Å². The molecule has 18 heavy (non-hydrogen) atoms. The van der Waals surface area contributed by atoms with E-state index in [1.54, 1.807) is 6.07 Å². The van der Waals surface area contributed by atoms with Crippen LogP contribution in [-0.2, 0) is 0 Å². The van der Waals surface area contributed by atoms with Crippen molar-refractivity contribution in [3.05, 3.63) is 34.8 Å². The van der Waals surface area contributed by atoms with Crippen molar-refractivity contribution in [2.45, 2.75) is 25.8 Å². The molecule has 0 unspecified atom stereocenters. The van der Waals surface area contributed by atoms with E-state index in [4.69, 9.17) is 10.5 Å². The molecule has 102 valence electrons.